The molecule has 2 aromatic rings. The highest BCUT2D eigenvalue weighted by Crippen LogP contribution is 2.26. The number of hydrogen-bond donors (Lipinski definition) is 2. The maximum absolute atomic E-state index is 12.3. The topological polar surface area (TPSA) is 75.6 Å². The second-order valence-corrected chi connectivity index (χ2v) is 6.25. The molecule has 3 rings (SSSR count). The number of carboxylic acid groups (broad SMARTS) is 1. The SMILES string of the molecule is O=C(N[C@H]1CCC[C@H]1C(=O)O)c1ccc(OCc2ccccc2)cc1. The summed E-state index contributed by atoms with van der Waals surface area (Å²) in [6, 6.07) is 16.4. The van der Waals surface area contributed by atoms with Crippen molar-refractivity contribution in [2.45, 2.75) is 31.9 Å². The Morgan fingerprint density at radius 1 is 1.04 bits per heavy atom. The van der Waals surface area contributed by atoms with Gasteiger partial charge in [0, 0.05) is 11.6 Å². The van der Waals surface area contributed by atoms with E-state index < -0.39 is 11.9 Å². The van der Waals surface area contributed by atoms with Crippen molar-refractivity contribution in [2.75, 3.05) is 0 Å². The van der Waals surface area contributed by atoms with E-state index in [1.165, 1.54) is 0 Å². The third-order valence-corrected chi connectivity index (χ3v) is 4.51. The van der Waals surface area contributed by atoms with Crippen molar-refractivity contribution in [3.8, 4) is 5.75 Å². The van der Waals surface area contributed by atoms with Crippen LogP contribution in [0.4, 0.5) is 0 Å². The molecule has 25 heavy (non-hydrogen) atoms. The van der Waals surface area contributed by atoms with Crippen LogP contribution in [0.3, 0.4) is 0 Å². The van der Waals surface area contributed by atoms with Gasteiger partial charge in [-0.15, -0.1) is 0 Å². The average Bonchev–Trinajstić information content (AvgIpc) is 3.09. The lowest BCUT2D eigenvalue weighted by molar-refractivity contribution is -0.142. The number of benzene rings is 2. The van der Waals surface area contributed by atoms with Crippen molar-refractivity contribution in [1.29, 1.82) is 0 Å². The van der Waals surface area contributed by atoms with Crippen LogP contribution in [-0.2, 0) is 11.4 Å². The molecular weight excluding hydrogens is 318 g/mol. The van der Waals surface area contributed by atoms with Crippen LogP contribution in [0, 0.1) is 5.92 Å². The van der Waals surface area contributed by atoms with Gasteiger partial charge in [0.25, 0.3) is 5.91 Å². The fraction of sp³-hybridized carbons (Fsp3) is 0.300. The molecule has 5 heteroatoms. The van der Waals surface area contributed by atoms with Crippen molar-refractivity contribution < 1.29 is 19.4 Å². The summed E-state index contributed by atoms with van der Waals surface area (Å²) in [5.41, 5.74) is 1.58. The van der Waals surface area contributed by atoms with E-state index in [0.717, 1.165) is 12.0 Å². The molecule has 1 fully saturated rings. The molecule has 2 aromatic carbocycles. The minimum absolute atomic E-state index is 0.243. The number of rotatable bonds is 6. The molecule has 0 radical (unpaired) electrons. The van der Waals surface area contributed by atoms with Gasteiger partial charge in [0.1, 0.15) is 12.4 Å². The van der Waals surface area contributed by atoms with Gasteiger partial charge in [0.2, 0.25) is 0 Å². The fourth-order valence-electron chi connectivity index (χ4n) is 3.12. The molecule has 1 aliphatic carbocycles. The minimum Gasteiger partial charge on any atom is -0.489 e. The normalized spacial score (nSPS) is 19.4. The molecule has 0 spiro atoms. The highest BCUT2D eigenvalue weighted by Gasteiger charge is 2.33. The fourth-order valence-corrected chi connectivity index (χ4v) is 3.12. The predicted molar refractivity (Wildman–Crippen MR) is 93.4 cm³/mol. The van der Waals surface area contributed by atoms with Crippen molar-refractivity contribution >= 4 is 11.9 Å². The monoisotopic (exact) mass is 339 g/mol. The van der Waals surface area contributed by atoms with Crippen molar-refractivity contribution in [3.05, 3.63) is 65.7 Å². The molecule has 1 aliphatic rings. The molecule has 1 saturated carbocycles. The molecule has 0 unspecified atom stereocenters. The van der Waals surface area contributed by atoms with E-state index in [1.807, 2.05) is 30.3 Å². The molecule has 0 aromatic heterocycles. The lowest BCUT2D eigenvalue weighted by Crippen LogP contribution is -2.40. The van der Waals surface area contributed by atoms with Crippen LogP contribution in [-0.4, -0.2) is 23.0 Å². The Hall–Kier alpha value is -2.82. The zero-order valence-corrected chi connectivity index (χ0v) is 13.9. The molecule has 130 valence electrons. The summed E-state index contributed by atoms with van der Waals surface area (Å²) in [7, 11) is 0. The Kier molecular flexibility index (Phi) is 5.33. The Labute approximate surface area is 146 Å². The number of carbonyl (C=O) groups is 2. The number of carboxylic acids is 1. The number of amides is 1. The summed E-state index contributed by atoms with van der Waals surface area (Å²) in [6.45, 7) is 0.467. The number of nitrogens with one attached hydrogen (secondary N) is 1. The molecule has 2 N–H and O–H groups in total. The summed E-state index contributed by atoms with van der Waals surface area (Å²) < 4.78 is 5.70. The third kappa shape index (κ3) is 4.38. The van der Waals surface area contributed by atoms with E-state index in [0.29, 0.717) is 30.8 Å². The molecule has 0 bridgehead atoms. The molecule has 5 nitrogen and oxygen atoms in total. The first-order valence-electron chi connectivity index (χ1n) is 8.44. The highest BCUT2D eigenvalue weighted by molar-refractivity contribution is 5.94. The Balaban J connectivity index is 1.56. The van der Waals surface area contributed by atoms with Gasteiger partial charge in [-0.25, -0.2) is 0 Å². The first-order valence-corrected chi connectivity index (χ1v) is 8.44. The average molecular weight is 339 g/mol. The second kappa shape index (κ2) is 7.83. The predicted octanol–water partition coefficient (Wildman–Crippen LogP) is 3.25. The first-order chi connectivity index (χ1) is 12.1. The zero-order chi connectivity index (χ0) is 17.6. The van der Waals surface area contributed by atoms with Crippen LogP contribution in [0.2, 0.25) is 0 Å². The van der Waals surface area contributed by atoms with Gasteiger partial charge in [-0.2, -0.15) is 0 Å². The maximum atomic E-state index is 12.3. The van der Waals surface area contributed by atoms with E-state index >= 15 is 0 Å². The van der Waals surface area contributed by atoms with Crippen LogP contribution >= 0.6 is 0 Å². The standard InChI is InChI=1S/C20H21NO4/c22-19(21-18-8-4-7-17(18)20(23)24)15-9-11-16(12-10-15)25-13-14-5-2-1-3-6-14/h1-3,5-6,9-12,17-18H,4,7-8,13H2,(H,21,22)(H,23,24)/t17-,18+/m1/s1. The number of aliphatic carboxylic acids is 1. The molecule has 0 aliphatic heterocycles. The number of ether oxygens (including phenoxy) is 1. The van der Waals surface area contributed by atoms with Gasteiger partial charge >= 0.3 is 5.97 Å². The Morgan fingerprint density at radius 3 is 2.44 bits per heavy atom. The number of hydrogen-bond acceptors (Lipinski definition) is 3. The summed E-state index contributed by atoms with van der Waals surface area (Å²) in [6.07, 6.45) is 2.15. The maximum Gasteiger partial charge on any atom is 0.308 e. The van der Waals surface area contributed by atoms with Gasteiger partial charge in [0.15, 0.2) is 0 Å². The van der Waals surface area contributed by atoms with Crippen LogP contribution in [0.5, 0.6) is 5.75 Å². The van der Waals surface area contributed by atoms with Crippen molar-refractivity contribution in [1.82, 2.24) is 5.32 Å². The third-order valence-electron chi connectivity index (χ3n) is 4.51. The second-order valence-electron chi connectivity index (χ2n) is 6.25. The van der Waals surface area contributed by atoms with Gasteiger partial charge in [-0.1, -0.05) is 36.8 Å². The summed E-state index contributed by atoms with van der Waals surface area (Å²) in [5, 5.41) is 12.0. The highest BCUT2D eigenvalue weighted by atomic mass is 16.5. The molecule has 0 heterocycles. The Bertz CT molecular complexity index is 727. The van der Waals surface area contributed by atoms with Gasteiger partial charge in [-0.05, 0) is 42.7 Å². The minimum atomic E-state index is -0.840. The van der Waals surface area contributed by atoms with Crippen molar-refractivity contribution in [2.24, 2.45) is 5.92 Å². The van der Waals surface area contributed by atoms with E-state index in [-0.39, 0.29) is 11.9 Å². The first kappa shape index (κ1) is 17.0. The van der Waals surface area contributed by atoms with Crippen LogP contribution in [0.1, 0.15) is 35.2 Å². The lowest BCUT2D eigenvalue weighted by atomic mass is 10.0. The number of carbonyl (C=O) groups excluding carboxylic acids is 1. The smallest absolute Gasteiger partial charge is 0.308 e. The van der Waals surface area contributed by atoms with Crippen LogP contribution < -0.4 is 10.1 Å². The Morgan fingerprint density at radius 2 is 1.76 bits per heavy atom. The van der Waals surface area contributed by atoms with E-state index in [9.17, 15) is 14.7 Å². The van der Waals surface area contributed by atoms with E-state index in [1.54, 1.807) is 24.3 Å². The lowest BCUT2D eigenvalue weighted by Gasteiger charge is -2.17. The van der Waals surface area contributed by atoms with E-state index in [2.05, 4.69) is 5.32 Å². The van der Waals surface area contributed by atoms with E-state index in [4.69, 9.17) is 4.74 Å². The summed E-state index contributed by atoms with van der Waals surface area (Å²) in [5.74, 6) is -0.887. The van der Waals surface area contributed by atoms with Gasteiger partial charge in [0.05, 0.1) is 5.92 Å². The molecule has 1 amide bonds. The molecule has 0 saturated heterocycles. The molecular formula is C20H21NO4. The summed E-state index contributed by atoms with van der Waals surface area (Å²) >= 11 is 0. The van der Waals surface area contributed by atoms with Crippen LogP contribution in [0.25, 0.3) is 0 Å². The zero-order valence-electron chi connectivity index (χ0n) is 13.9. The quantitative estimate of drug-likeness (QED) is 0.847. The van der Waals surface area contributed by atoms with Gasteiger partial charge < -0.3 is 15.2 Å². The van der Waals surface area contributed by atoms with Gasteiger partial charge in [-0.3, -0.25) is 9.59 Å². The summed E-state index contributed by atoms with van der Waals surface area (Å²) in [4.78, 5) is 23.5. The molecule has 2 atom stereocenters. The largest absolute Gasteiger partial charge is 0.489 e. The van der Waals surface area contributed by atoms with Crippen LogP contribution in [0.15, 0.2) is 54.6 Å². The van der Waals surface area contributed by atoms with Crippen molar-refractivity contribution in [3.63, 3.8) is 0 Å².